The van der Waals surface area contributed by atoms with Gasteiger partial charge in [0.2, 0.25) is 5.95 Å². The van der Waals surface area contributed by atoms with Crippen molar-refractivity contribution in [3.05, 3.63) is 24.1 Å². The lowest BCUT2D eigenvalue weighted by atomic mass is 10.1. The summed E-state index contributed by atoms with van der Waals surface area (Å²) in [4.78, 5) is 3.78. The first-order valence-corrected chi connectivity index (χ1v) is 5.31. The third kappa shape index (κ3) is 3.16. The van der Waals surface area contributed by atoms with Gasteiger partial charge in [0.15, 0.2) is 0 Å². The summed E-state index contributed by atoms with van der Waals surface area (Å²) in [5, 5.41) is 3.23. The topological polar surface area (TPSA) is 34.1 Å². The zero-order valence-electron chi connectivity index (χ0n) is 8.58. The highest BCUT2D eigenvalue weighted by molar-refractivity contribution is 5.34. The molecule has 1 fully saturated rings. The molecular weight excluding hydrogens is 195 g/mol. The summed E-state index contributed by atoms with van der Waals surface area (Å²) in [7, 11) is 0. The van der Waals surface area contributed by atoms with E-state index in [1.54, 1.807) is 12.1 Å². The molecule has 1 aromatic rings. The molecule has 4 heteroatoms. The summed E-state index contributed by atoms with van der Waals surface area (Å²) >= 11 is 0. The molecule has 0 amide bonds. The largest absolute Gasteiger partial charge is 0.381 e. The van der Waals surface area contributed by atoms with Crippen LogP contribution < -0.4 is 5.32 Å². The quantitative estimate of drug-likeness (QED) is 0.760. The van der Waals surface area contributed by atoms with E-state index in [1.165, 1.54) is 6.07 Å². The van der Waals surface area contributed by atoms with E-state index in [9.17, 15) is 4.39 Å². The Morgan fingerprint density at radius 1 is 1.33 bits per heavy atom. The second-order valence-electron chi connectivity index (χ2n) is 3.73. The van der Waals surface area contributed by atoms with Gasteiger partial charge in [0.25, 0.3) is 0 Å². The van der Waals surface area contributed by atoms with Crippen molar-refractivity contribution < 1.29 is 9.13 Å². The van der Waals surface area contributed by atoms with Crippen molar-refractivity contribution in [1.82, 2.24) is 4.98 Å². The summed E-state index contributed by atoms with van der Waals surface area (Å²) in [6, 6.07) is 5.15. The molecule has 3 nitrogen and oxygen atoms in total. The van der Waals surface area contributed by atoms with Gasteiger partial charge in [-0.1, -0.05) is 6.07 Å². The molecule has 1 aromatic heterocycles. The number of ether oxygens (including phenoxy) is 1. The van der Waals surface area contributed by atoms with Crippen LogP contribution in [-0.4, -0.2) is 24.2 Å². The van der Waals surface area contributed by atoms with Gasteiger partial charge in [-0.2, -0.15) is 4.39 Å². The summed E-state index contributed by atoms with van der Waals surface area (Å²) in [5.74, 6) is 0.173. The predicted octanol–water partition coefficient (Wildman–Crippen LogP) is 2.20. The van der Waals surface area contributed by atoms with Gasteiger partial charge in [0.05, 0.1) is 0 Å². The van der Waals surface area contributed by atoms with Crippen LogP contribution in [0.15, 0.2) is 18.2 Å². The van der Waals surface area contributed by atoms with E-state index in [2.05, 4.69) is 10.3 Å². The molecule has 0 spiro atoms. The Labute approximate surface area is 88.7 Å². The maximum Gasteiger partial charge on any atom is 0.214 e. The zero-order chi connectivity index (χ0) is 10.5. The smallest absolute Gasteiger partial charge is 0.214 e. The molecule has 1 aliphatic heterocycles. The van der Waals surface area contributed by atoms with Crippen LogP contribution in [0.4, 0.5) is 10.2 Å². The van der Waals surface area contributed by atoms with Crippen molar-refractivity contribution in [2.24, 2.45) is 0 Å². The highest BCUT2D eigenvalue weighted by atomic mass is 19.1. The summed E-state index contributed by atoms with van der Waals surface area (Å²) < 4.78 is 18.2. The first-order valence-electron chi connectivity index (χ1n) is 5.31. The Hall–Kier alpha value is -1.16. The van der Waals surface area contributed by atoms with Crippen molar-refractivity contribution in [2.45, 2.75) is 25.3 Å². The van der Waals surface area contributed by atoms with Crippen molar-refractivity contribution >= 4 is 5.82 Å². The van der Waals surface area contributed by atoms with Crippen LogP contribution in [0.3, 0.4) is 0 Å². The SMILES string of the molecule is Fc1cccc(NC2CCCOCC2)n1. The number of rotatable bonds is 2. The average molecular weight is 210 g/mol. The molecule has 1 atom stereocenters. The molecule has 0 bridgehead atoms. The van der Waals surface area contributed by atoms with Gasteiger partial charge in [-0.05, 0) is 31.4 Å². The maximum absolute atomic E-state index is 12.8. The molecule has 1 saturated heterocycles. The van der Waals surface area contributed by atoms with Crippen LogP contribution in [0.25, 0.3) is 0 Å². The fourth-order valence-corrected chi connectivity index (χ4v) is 1.75. The van der Waals surface area contributed by atoms with E-state index < -0.39 is 5.95 Å². The summed E-state index contributed by atoms with van der Waals surface area (Å²) in [6.07, 6.45) is 3.06. The molecule has 15 heavy (non-hydrogen) atoms. The second kappa shape index (κ2) is 5.07. The van der Waals surface area contributed by atoms with E-state index in [-0.39, 0.29) is 0 Å². The Morgan fingerprint density at radius 2 is 2.27 bits per heavy atom. The van der Waals surface area contributed by atoms with Crippen LogP contribution in [0.1, 0.15) is 19.3 Å². The van der Waals surface area contributed by atoms with Gasteiger partial charge in [-0.15, -0.1) is 0 Å². The number of hydrogen-bond acceptors (Lipinski definition) is 3. The highest BCUT2D eigenvalue weighted by Crippen LogP contribution is 2.13. The van der Waals surface area contributed by atoms with Crippen LogP contribution >= 0.6 is 0 Å². The van der Waals surface area contributed by atoms with E-state index >= 15 is 0 Å². The van der Waals surface area contributed by atoms with Crippen LogP contribution in [0, 0.1) is 5.95 Å². The third-order valence-electron chi connectivity index (χ3n) is 2.52. The molecule has 2 rings (SSSR count). The van der Waals surface area contributed by atoms with Crippen LogP contribution in [0.2, 0.25) is 0 Å². The Balaban J connectivity index is 1.95. The van der Waals surface area contributed by atoms with Gasteiger partial charge in [-0.25, -0.2) is 4.98 Å². The lowest BCUT2D eigenvalue weighted by Gasteiger charge is -2.15. The van der Waals surface area contributed by atoms with E-state index in [0.29, 0.717) is 11.9 Å². The average Bonchev–Trinajstić information content (AvgIpc) is 2.46. The lowest BCUT2D eigenvalue weighted by molar-refractivity contribution is 0.144. The summed E-state index contributed by atoms with van der Waals surface area (Å²) in [6.45, 7) is 1.60. The Morgan fingerprint density at radius 3 is 3.13 bits per heavy atom. The highest BCUT2D eigenvalue weighted by Gasteiger charge is 2.12. The van der Waals surface area contributed by atoms with Gasteiger partial charge in [0.1, 0.15) is 5.82 Å². The van der Waals surface area contributed by atoms with E-state index in [4.69, 9.17) is 4.74 Å². The van der Waals surface area contributed by atoms with Crippen molar-refractivity contribution in [3.63, 3.8) is 0 Å². The number of nitrogens with zero attached hydrogens (tertiary/aromatic N) is 1. The zero-order valence-corrected chi connectivity index (χ0v) is 8.58. The lowest BCUT2D eigenvalue weighted by Crippen LogP contribution is -2.20. The number of nitrogens with one attached hydrogen (secondary N) is 1. The molecule has 82 valence electrons. The second-order valence-corrected chi connectivity index (χ2v) is 3.73. The minimum Gasteiger partial charge on any atom is -0.381 e. The van der Waals surface area contributed by atoms with Gasteiger partial charge in [0, 0.05) is 19.3 Å². The number of anilines is 1. The third-order valence-corrected chi connectivity index (χ3v) is 2.52. The first-order chi connectivity index (χ1) is 7.34. The molecule has 1 N–H and O–H groups in total. The monoisotopic (exact) mass is 210 g/mol. The minimum absolute atomic E-state index is 0.349. The number of halogens is 1. The van der Waals surface area contributed by atoms with E-state index in [1.807, 2.05) is 0 Å². The van der Waals surface area contributed by atoms with Crippen molar-refractivity contribution in [2.75, 3.05) is 18.5 Å². The Bertz CT molecular complexity index is 311. The molecule has 0 saturated carbocycles. The molecule has 1 aliphatic rings. The predicted molar refractivity (Wildman–Crippen MR) is 56.3 cm³/mol. The molecule has 0 radical (unpaired) electrons. The molecule has 1 unspecified atom stereocenters. The fraction of sp³-hybridized carbons (Fsp3) is 0.545. The Kier molecular flexibility index (Phi) is 3.50. The molecule has 0 aromatic carbocycles. The number of hydrogen-bond donors (Lipinski definition) is 1. The van der Waals surface area contributed by atoms with Crippen LogP contribution in [-0.2, 0) is 4.74 Å². The van der Waals surface area contributed by atoms with E-state index in [0.717, 1.165) is 32.5 Å². The van der Waals surface area contributed by atoms with Gasteiger partial charge >= 0.3 is 0 Å². The number of aromatic nitrogens is 1. The molecule has 2 heterocycles. The van der Waals surface area contributed by atoms with Gasteiger partial charge in [-0.3, -0.25) is 0 Å². The summed E-state index contributed by atoms with van der Waals surface area (Å²) in [5.41, 5.74) is 0. The maximum atomic E-state index is 12.8. The van der Waals surface area contributed by atoms with Crippen molar-refractivity contribution in [3.8, 4) is 0 Å². The van der Waals surface area contributed by atoms with Gasteiger partial charge < -0.3 is 10.1 Å². The molecule has 0 aliphatic carbocycles. The minimum atomic E-state index is -0.440. The fourth-order valence-electron chi connectivity index (χ4n) is 1.75. The van der Waals surface area contributed by atoms with Crippen LogP contribution in [0.5, 0.6) is 0 Å². The number of pyridine rings is 1. The molecular formula is C11H15FN2O. The van der Waals surface area contributed by atoms with Crippen molar-refractivity contribution in [1.29, 1.82) is 0 Å². The normalized spacial score (nSPS) is 22.1. The first kappa shape index (κ1) is 10.4. The standard InChI is InChI=1S/C11H15FN2O/c12-10-4-1-5-11(14-10)13-9-3-2-7-15-8-6-9/h1,4-5,9H,2-3,6-8H2,(H,13,14).